The molecule has 9 rings (SSSR count). The second-order valence-corrected chi connectivity index (χ2v) is 11.8. The number of nitrogens with zero attached hydrogens (tertiary/aromatic N) is 2. The van der Waals surface area contributed by atoms with E-state index in [0.29, 0.717) is 0 Å². The Morgan fingerprint density at radius 1 is 0.378 bits per heavy atom. The molecule has 45 heavy (non-hydrogen) atoms. The number of fused-ring (bicyclic) bond motifs is 6. The standard InChI is InChI=1S/C43H30N2/c1-3-11-30(12-4-1)31-19-21-32(22-20-31)33-23-25-36(26-24-33)45-40-18-10-8-16-37(40)43-38-29-34-13-7-9-17-39(34)44(35-14-5-2-6-15-35)41(38)27-28-42(43)45/h1-28H,29H2. The van der Waals surface area contributed by atoms with Crippen LogP contribution in [0.2, 0.25) is 0 Å². The Bertz CT molecular complexity index is 2310. The van der Waals surface area contributed by atoms with E-state index in [1.54, 1.807) is 0 Å². The fourth-order valence-corrected chi connectivity index (χ4v) is 7.13. The molecular formula is C43H30N2. The molecule has 0 bridgehead atoms. The van der Waals surface area contributed by atoms with Crippen molar-refractivity contribution in [3.8, 4) is 27.9 Å². The molecule has 1 aromatic heterocycles. The van der Waals surface area contributed by atoms with Gasteiger partial charge in [-0.05, 0) is 81.9 Å². The first-order valence-electron chi connectivity index (χ1n) is 15.6. The zero-order chi connectivity index (χ0) is 29.7. The SMILES string of the molecule is c1ccc(-c2ccc(-c3ccc(-n4c5ccccc5c5c6c(ccc54)N(c4ccccc4)c4ccccc4C6)cc3)cc2)cc1. The van der Waals surface area contributed by atoms with Crippen LogP contribution in [0.5, 0.6) is 0 Å². The highest BCUT2D eigenvalue weighted by atomic mass is 15.2. The van der Waals surface area contributed by atoms with Crippen LogP contribution in [0.1, 0.15) is 11.1 Å². The van der Waals surface area contributed by atoms with Gasteiger partial charge in [0.1, 0.15) is 0 Å². The van der Waals surface area contributed by atoms with Crippen LogP contribution in [0.4, 0.5) is 17.1 Å². The molecule has 1 aliphatic heterocycles. The summed E-state index contributed by atoms with van der Waals surface area (Å²) in [4.78, 5) is 2.43. The van der Waals surface area contributed by atoms with E-state index in [1.807, 2.05) is 0 Å². The molecule has 212 valence electrons. The van der Waals surface area contributed by atoms with E-state index < -0.39 is 0 Å². The monoisotopic (exact) mass is 574 g/mol. The molecule has 0 saturated carbocycles. The summed E-state index contributed by atoms with van der Waals surface area (Å²) in [6, 6.07) is 61.5. The molecular weight excluding hydrogens is 544 g/mol. The van der Waals surface area contributed by atoms with Gasteiger partial charge in [0.25, 0.3) is 0 Å². The molecule has 0 unspecified atom stereocenters. The highest BCUT2D eigenvalue weighted by molar-refractivity contribution is 6.13. The number of hydrogen-bond acceptors (Lipinski definition) is 1. The highest BCUT2D eigenvalue weighted by Gasteiger charge is 2.27. The van der Waals surface area contributed by atoms with Gasteiger partial charge in [-0.2, -0.15) is 0 Å². The van der Waals surface area contributed by atoms with Gasteiger partial charge in [-0.1, -0.05) is 121 Å². The normalized spacial score (nSPS) is 12.3. The van der Waals surface area contributed by atoms with Crippen LogP contribution in [0.15, 0.2) is 170 Å². The lowest BCUT2D eigenvalue weighted by Crippen LogP contribution is -2.18. The van der Waals surface area contributed by atoms with Crippen molar-refractivity contribution in [2.75, 3.05) is 4.90 Å². The van der Waals surface area contributed by atoms with Gasteiger partial charge in [-0.25, -0.2) is 0 Å². The molecule has 0 amide bonds. The van der Waals surface area contributed by atoms with Crippen LogP contribution in [0.25, 0.3) is 49.7 Å². The van der Waals surface area contributed by atoms with Crippen LogP contribution in [0.3, 0.4) is 0 Å². The van der Waals surface area contributed by atoms with E-state index in [-0.39, 0.29) is 0 Å². The van der Waals surface area contributed by atoms with Crippen molar-refractivity contribution < 1.29 is 0 Å². The van der Waals surface area contributed by atoms with Crippen LogP contribution >= 0.6 is 0 Å². The maximum Gasteiger partial charge on any atom is 0.0545 e. The van der Waals surface area contributed by atoms with E-state index in [9.17, 15) is 0 Å². The summed E-state index contributed by atoms with van der Waals surface area (Å²) in [6.45, 7) is 0. The Hall–Kier alpha value is -5.86. The molecule has 0 fully saturated rings. The number of benzene rings is 7. The molecule has 0 atom stereocenters. The average molecular weight is 575 g/mol. The molecule has 0 N–H and O–H groups in total. The van der Waals surface area contributed by atoms with Gasteiger partial charge in [-0.3, -0.25) is 0 Å². The Kier molecular flexibility index (Phi) is 5.92. The maximum absolute atomic E-state index is 2.43. The Labute approximate surface area is 263 Å². The van der Waals surface area contributed by atoms with E-state index >= 15 is 0 Å². The molecule has 0 saturated heterocycles. The number of hydrogen-bond donors (Lipinski definition) is 0. The molecule has 1 aliphatic rings. The molecule has 8 aromatic rings. The minimum Gasteiger partial charge on any atom is -0.310 e. The van der Waals surface area contributed by atoms with Crippen LogP contribution in [0, 0.1) is 0 Å². The summed E-state index contributed by atoms with van der Waals surface area (Å²) in [5, 5.41) is 2.62. The predicted molar refractivity (Wildman–Crippen MR) is 189 cm³/mol. The van der Waals surface area contributed by atoms with Crippen molar-refractivity contribution in [1.82, 2.24) is 4.57 Å². The molecule has 2 heteroatoms. The fraction of sp³-hybridized carbons (Fsp3) is 0.0233. The molecule has 2 nitrogen and oxygen atoms in total. The van der Waals surface area contributed by atoms with E-state index in [4.69, 9.17) is 0 Å². The number of aromatic nitrogens is 1. The van der Waals surface area contributed by atoms with Crippen LogP contribution in [-0.4, -0.2) is 4.57 Å². The van der Waals surface area contributed by atoms with Crippen molar-refractivity contribution in [3.05, 3.63) is 181 Å². The van der Waals surface area contributed by atoms with Gasteiger partial charge >= 0.3 is 0 Å². The Morgan fingerprint density at radius 2 is 0.956 bits per heavy atom. The fourth-order valence-electron chi connectivity index (χ4n) is 7.13. The van der Waals surface area contributed by atoms with E-state index in [1.165, 1.54) is 77.9 Å². The first-order valence-corrected chi connectivity index (χ1v) is 15.6. The smallest absolute Gasteiger partial charge is 0.0545 e. The van der Waals surface area contributed by atoms with Crippen molar-refractivity contribution in [1.29, 1.82) is 0 Å². The zero-order valence-corrected chi connectivity index (χ0v) is 24.8. The van der Waals surface area contributed by atoms with Gasteiger partial charge in [0.05, 0.1) is 16.7 Å². The first kappa shape index (κ1) is 25.6. The quantitative estimate of drug-likeness (QED) is 0.203. The van der Waals surface area contributed by atoms with E-state index in [0.717, 1.165) is 6.42 Å². The third-order valence-corrected chi connectivity index (χ3v) is 9.23. The first-order chi connectivity index (χ1) is 22.3. The van der Waals surface area contributed by atoms with Crippen molar-refractivity contribution >= 4 is 38.9 Å². The lowest BCUT2D eigenvalue weighted by molar-refractivity contribution is 1.10. The Morgan fingerprint density at radius 3 is 1.69 bits per heavy atom. The van der Waals surface area contributed by atoms with Gasteiger partial charge < -0.3 is 9.47 Å². The van der Waals surface area contributed by atoms with Gasteiger partial charge in [0, 0.05) is 34.3 Å². The zero-order valence-electron chi connectivity index (χ0n) is 24.8. The summed E-state index contributed by atoms with van der Waals surface area (Å²) in [7, 11) is 0. The number of para-hydroxylation sites is 3. The third-order valence-electron chi connectivity index (χ3n) is 9.23. The minimum atomic E-state index is 0.901. The summed E-state index contributed by atoms with van der Waals surface area (Å²) >= 11 is 0. The molecule has 2 heterocycles. The highest BCUT2D eigenvalue weighted by Crippen LogP contribution is 2.48. The number of rotatable bonds is 4. The minimum absolute atomic E-state index is 0.901. The van der Waals surface area contributed by atoms with Gasteiger partial charge in [0.15, 0.2) is 0 Å². The Balaban J connectivity index is 1.17. The van der Waals surface area contributed by atoms with Crippen molar-refractivity contribution in [3.63, 3.8) is 0 Å². The van der Waals surface area contributed by atoms with Crippen molar-refractivity contribution in [2.24, 2.45) is 0 Å². The second kappa shape index (κ2) is 10.4. The summed E-state index contributed by atoms with van der Waals surface area (Å²) < 4.78 is 2.43. The summed E-state index contributed by atoms with van der Waals surface area (Å²) in [5.41, 5.74) is 15.0. The molecule has 0 aliphatic carbocycles. The number of anilines is 3. The summed E-state index contributed by atoms with van der Waals surface area (Å²) in [6.07, 6.45) is 0.901. The maximum atomic E-state index is 2.43. The van der Waals surface area contributed by atoms with Gasteiger partial charge in [0.2, 0.25) is 0 Å². The van der Waals surface area contributed by atoms with Gasteiger partial charge in [-0.15, -0.1) is 0 Å². The summed E-state index contributed by atoms with van der Waals surface area (Å²) in [5.74, 6) is 0. The molecule has 7 aromatic carbocycles. The van der Waals surface area contributed by atoms with Crippen LogP contribution in [-0.2, 0) is 6.42 Å². The average Bonchev–Trinajstić information content (AvgIpc) is 3.46. The lowest BCUT2D eigenvalue weighted by Gasteiger charge is -2.34. The van der Waals surface area contributed by atoms with Crippen LogP contribution < -0.4 is 4.90 Å². The molecule has 0 spiro atoms. The largest absolute Gasteiger partial charge is 0.310 e. The second-order valence-electron chi connectivity index (χ2n) is 11.8. The topological polar surface area (TPSA) is 8.17 Å². The lowest BCUT2D eigenvalue weighted by atomic mass is 9.91. The third kappa shape index (κ3) is 4.18. The van der Waals surface area contributed by atoms with Crippen molar-refractivity contribution in [2.45, 2.75) is 6.42 Å². The predicted octanol–water partition coefficient (Wildman–Crippen LogP) is 11.5. The van der Waals surface area contributed by atoms with E-state index in [2.05, 4.69) is 179 Å². The molecule has 0 radical (unpaired) electrons.